The normalized spacial score (nSPS) is 11.2. The molecular weight excluding hydrogens is 378 g/mol. The lowest BCUT2D eigenvalue weighted by molar-refractivity contribution is -0.136. The molecule has 0 fully saturated rings. The first kappa shape index (κ1) is 19.9. The first-order valence-electron chi connectivity index (χ1n) is 7.63. The number of carbonyl (C=O) groups is 2. The Balaban J connectivity index is 2.17. The summed E-state index contributed by atoms with van der Waals surface area (Å²) in [5.41, 5.74) is 1.19. The molecule has 0 aliphatic heterocycles. The molecule has 0 aliphatic rings. The Morgan fingerprint density at radius 3 is 2.38 bits per heavy atom. The predicted molar refractivity (Wildman–Crippen MR) is 98.1 cm³/mol. The quantitative estimate of drug-likeness (QED) is 0.738. The van der Waals surface area contributed by atoms with E-state index in [-0.39, 0.29) is 22.4 Å². The monoisotopic (exact) mass is 397 g/mol. The zero-order valence-electron chi connectivity index (χ0n) is 14.5. The molecule has 1 aromatic carbocycles. The lowest BCUT2D eigenvalue weighted by Gasteiger charge is -2.08. The summed E-state index contributed by atoms with van der Waals surface area (Å²) in [5, 5.41) is 8.80. The van der Waals surface area contributed by atoms with Crippen LogP contribution in [0.4, 0.5) is 5.13 Å². The number of carbonyl (C=O) groups excluding carboxylic acids is 1. The Kier molecular flexibility index (Phi) is 5.98. The number of carboxylic acid groups (broad SMARTS) is 1. The molecule has 0 bridgehead atoms. The maximum absolute atomic E-state index is 12.5. The predicted octanol–water partition coefficient (Wildman–Crippen LogP) is 1.97. The van der Waals surface area contributed by atoms with Crippen molar-refractivity contribution in [2.24, 2.45) is 0 Å². The summed E-state index contributed by atoms with van der Waals surface area (Å²) < 4.78 is 27.3. The molecule has 2 aromatic rings. The van der Waals surface area contributed by atoms with Crippen molar-refractivity contribution in [1.82, 2.24) is 9.88 Å². The number of benzene rings is 1. The number of hydrogen-bond acceptors (Lipinski definition) is 6. The largest absolute Gasteiger partial charge is 0.481 e. The summed E-state index contributed by atoms with van der Waals surface area (Å²) in [7, 11) is -0.637. The van der Waals surface area contributed by atoms with Gasteiger partial charge < -0.3 is 10.0 Å². The lowest BCUT2D eigenvalue weighted by Crippen LogP contribution is -2.21. The zero-order valence-corrected chi connectivity index (χ0v) is 16.1. The first-order chi connectivity index (χ1) is 12.1. The zero-order chi connectivity index (χ0) is 19.5. The van der Waals surface area contributed by atoms with Gasteiger partial charge in [-0.2, -0.15) is 0 Å². The number of rotatable bonds is 7. The van der Waals surface area contributed by atoms with Gasteiger partial charge in [0.2, 0.25) is 0 Å². The Bertz CT molecular complexity index is 918. The molecule has 1 heterocycles. The highest BCUT2D eigenvalue weighted by Gasteiger charge is 2.21. The molecule has 0 atom stereocenters. The van der Waals surface area contributed by atoms with Crippen LogP contribution in [0, 0.1) is 6.92 Å². The molecule has 0 radical (unpaired) electrons. The lowest BCUT2D eigenvalue weighted by atomic mass is 10.1. The van der Waals surface area contributed by atoms with Gasteiger partial charge in [0.25, 0.3) is 15.9 Å². The Hall–Kier alpha value is -2.46. The van der Waals surface area contributed by atoms with Gasteiger partial charge in [0, 0.05) is 20.5 Å². The molecule has 8 nitrogen and oxygen atoms in total. The minimum Gasteiger partial charge on any atom is -0.481 e. The number of carboxylic acids is 1. The van der Waals surface area contributed by atoms with Crippen molar-refractivity contribution in [3.05, 3.63) is 40.4 Å². The van der Waals surface area contributed by atoms with E-state index in [9.17, 15) is 18.0 Å². The highest BCUT2D eigenvalue weighted by molar-refractivity contribution is 7.93. The molecular formula is C16H19N3O5S2. The topological polar surface area (TPSA) is 117 Å². The van der Waals surface area contributed by atoms with Crippen molar-refractivity contribution >= 4 is 38.4 Å². The molecule has 0 saturated heterocycles. The molecule has 1 aromatic heterocycles. The average molecular weight is 397 g/mol. The van der Waals surface area contributed by atoms with Crippen LogP contribution in [0.5, 0.6) is 0 Å². The van der Waals surface area contributed by atoms with Crippen molar-refractivity contribution in [1.29, 1.82) is 0 Å². The number of aliphatic carboxylic acids is 1. The number of sulfonamides is 1. The van der Waals surface area contributed by atoms with Gasteiger partial charge in [-0.05, 0) is 31.0 Å². The average Bonchev–Trinajstić information content (AvgIpc) is 2.92. The van der Waals surface area contributed by atoms with Crippen LogP contribution in [0.25, 0.3) is 0 Å². The Morgan fingerprint density at radius 1 is 1.23 bits per heavy atom. The van der Waals surface area contributed by atoms with E-state index >= 15 is 0 Å². The Morgan fingerprint density at radius 2 is 1.85 bits per heavy atom. The van der Waals surface area contributed by atoms with Crippen molar-refractivity contribution in [3.63, 3.8) is 0 Å². The van der Waals surface area contributed by atoms with Gasteiger partial charge in [-0.3, -0.25) is 14.3 Å². The van der Waals surface area contributed by atoms with Gasteiger partial charge in [-0.1, -0.05) is 23.5 Å². The van der Waals surface area contributed by atoms with E-state index in [0.29, 0.717) is 17.0 Å². The second-order valence-electron chi connectivity index (χ2n) is 5.78. The van der Waals surface area contributed by atoms with Crippen LogP contribution in [-0.4, -0.2) is 49.4 Å². The maximum Gasteiger partial charge on any atom is 0.303 e. The third-order valence-electron chi connectivity index (χ3n) is 3.48. The second-order valence-corrected chi connectivity index (χ2v) is 8.46. The molecule has 0 aliphatic carbocycles. The van der Waals surface area contributed by atoms with Crippen molar-refractivity contribution in [2.75, 3.05) is 18.8 Å². The van der Waals surface area contributed by atoms with Gasteiger partial charge in [0.05, 0.1) is 10.6 Å². The van der Waals surface area contributed by atoms with E-state index in [1.54, 1.807) is 33.2 Å². The first-order valence-corrected chi connectivity index (χ1v) is 9.93. The highest BCUT2D eigenvalue weighted by atomic mass is 32.2. The molecule has 140 valence electrons. The van der Waals surface area contributed by atoms with Crippen LogP contribution in [-0.2, 0) is 21.2 Å². The van der Waals surface area contributed by atoms with E-state index in [4.69, 9.17) is 5.11 Å². The van der Waals surface area contributed by atoms with Crippen molar-refractivity contribution in [2.45, 2.75) is 24.7 Å². The fourth-order valence-corrected chi connectivity index (χ4v) is 4.32. The maximum atomic E-state index is 12.5. The van der Waals surface area contributed by atoms with Crippen LogP contribution in [0.3, 0.4) is 0 Å². The van der Waals surface area contributed by atoms with Gasteiger partial charge >= 0.3 is 5.97 Å². The fraction of sp³-hybridized carbons (Fsp3) is 0.312. The summed E-state index contributed by atoms with van der Waals surface area (Å²) in [6, 6.07) is 5.97. The summed E-state index contributed by atoms with van der Waals surface area (Å²) in [4.78, 5) is 28.5. The minimum absolute atomic E-state index is 0.0224. The SMILES string of the molecule is Cc1nc(NS(=O)(=O)c2ccc(CCC(=O)O)cc2)sc1C(=O)N(C)C. The van der Waals surface area contributed by atoms with Crippen LogP contribution in [0.1, 0.15) is 27.3 Å². The summed E-state index contributed by atoms with van der Waals surface area (Å²) in [6.45, 7) is 1.64. The fourth-order valence-electron chi connectivity index (χ4n) is 2.10. The number of hydrogen-bond donors (Lipinski definition) is 2. The molecule has 1 amide bonds. The van der Waals surface area contributed by atoms with Gasteiger partial charge in [-0.15, -0.1) is 0 Å². The number of amides is 1. The van der Waals surface area contributed by atoms with E-state index in [1.165, 1.54) is 17.0 Å². The van der Waals surface area contributed by atoms with E-state index in [1.807, 2.05) is 0 Å². The minimum atomic E-state index is -3.85. The van der Waals surface area contributed by atoms with Gasteiger partial charge in [0.15, 0.2) is 5.13 Å². The summed E-state index contributed by atoms with van der Waals surface area (Å²) >= 11 is 0.974. The van der Waals surface area contributed by atoms with Gasteiger partial charge in [0.1, 0.15) is 4.88 Å². The number of anilines is 1. The van der Waals surface area contributed by atoms with Gasteiger partial charge in [-0.25, -0.2) is 13.4 Å². The van der Waals surface area contributed by atoms with E-state index in [2.05, 4.69) is 9.71 Å². The van der Waals surface area contributed by atoms with E-state index in [0.717, 1.165) is 16.9 Å². The van der Waals surface area contributed by atoms with Crippen LogP contribution >= 0.6 is 11.3 Å². The number of aromatic nitrogens is 1. The molecule has 0 saturated carbocycles. The third-order valence-corrected chi connectivity index (χ3v) is 6.02. The highest BCUT2D eigenvalue weighted by Crippen LogP contribution is 2.26. The standard InChI is InChI=1S/C16H19N3O5S2/c1-10-14(15(22)19(2)3)25-16(17-10)18-26(23,24)12-7-4-11(5-8-12)6-9-13(20)21/h4-5,7-8H,6,9H2,1-3H3,(H,17,18)(H,20,21). The summed E-state index contributed by atoms with van der Waals surface area (Å²) in [5.74, 6) is -1.15. The molecule has 26 heavy (non-hydrogen) atoms. The number of thiazole rings is 1. The van der Waals surface area contributed by atoms with Crippen molar-refractivity contribution < 1.29 is 23.1 Å². The third kappa shape index (κ3) is 4.79. The molecule has 2 N–H and O–H groups in total. The number of aryl methyl sites for hydroxylation is 2. The van der Waals surface area contributed by atoms with E-state index < -0.39 is 16.0 Å². The van der Waals surface area contributed by atoms with Crippen LogP contribution < -0.4 is 4.72 Å². The molecule has 0 unspecified atom stereocenters. The summed E-state index contributed by atoms with van der Waals surface area (Å²) in [6.07, 6.45) is 0.302. The molecule has 2 rings (SSSR count). The molecule has 10 heteroatoms. The Labute approximate surface area is 155 Å². The van der Waals surface area contributed by atoms with Crippen LogP contribution in [0.2, 0.25) is 0 Å². The molecule has 0 spiro atoms. The van der Waals surface area contributed by atoms with Crippen LogP contribution in [0.15, 0.2) is 29.2 Å². The second kappa shape index (κ2) is 7.83. The smallest absolute Gasteiger partial charge is 0.303 e. The number of nitrogens with zero attached hydrogens (tertiary/aromatic N) is 2. The van der Waals surface area contributed by atoms with Crippen molar-refractivity contribution in [3.8, 4) is 0 Å². The number of nitrogens with one attached hydrogen (secondary N) is 1.